The number of amides is 2. The van der Waals surface area contributed by atoms with E-state index in [1.165, 1.54) is 0 Å². The van der Waals surface area contributed by atoms with Crippen LogP contribution >= 0.6 is 11.6 Å². The van der Waals surface area contributed by atoms with Gasteiger partial charge >= 0.3 is 0 Å². The normalized spacial score (nSPS) is 10.9. The Hall–Kier alpha value is -4.23. The van der Waals surface area contributed by atoms with Crippen LogP contribution in [0, 0.1) is 0 Å². The number of imidazole rings is 1. The van der Waals surface area contributed by atoms with Crippen LogP contribution in [0.3, 0.4) is 0 Å². The van der Waals surface area contributed by atoms with E-state index in [9.17, 15) is 9.59 Å². The average Bonchev–Trinajstić information content (AvgIpc) is 3.30. The predicted octanol–water partition coefficient (Wildman–Crippen LogP) is 4.51. The molecular formula is C24H16ClN5O2. The summed E-state index contributed by atoms with van der Waals surface area (Å²) in [4.78, 5) is 37.3. The molecule has 0 aliphatic carbocycles. The van der Waals surface area contributed by atoms with Crippen molar-refractivity contribution in [3.05, 3.63) is 95.3 Å². The Balaban J connectivity index is 1.44. The molecule has 2 heterocycles. The number of benzene rings is 3. The molecule has 0 radical (unpaired) electrons. The third kappa shape index (κ3) is 3.66. The van der Waals surface area contributed by atoms with Crippen LogP contribution in [0.4, 0.5) is 0 Å². The number of fused-ring (bicyclic) bond motifs is 2. The minimum atomic E-state index is -0.465. The first-order valence-electron chi connectivity index (χ1n) is 9.79. The molecule has 0 saturated heterocycles. The maximum absolute atomic E-state index is 13.0. The molecule has 0 atom stereocenters. The van der Waals surface area contributed by atoms with E-state index in [4.69, 9.17) is 11.6 Å². The molecule has 7 nitrogen and oxygen atoms in total. The Labute approximate surface area is 187 Å². The summed E-state index contributed by atoms with van der Waals surface area (Å²) in [6.45, 7) is 0. The van der Waals surface area contributed by atoms with Crippen molar-refractivity contribution in [1.82, 2.24) is 25.8 Å². The summed E-state index contributed by atoms with van der Waals surface area (Å²) in [6, 6.07) is 21.3. The fourth-order valence-corrected chi connectivity index (χ4v) is 3.73. The smallest absolute Gasteiger partial charge is 0.270 e. The van der Waals surface area contributed by atoms with Crippen LogP contribution in [0.15, 0.2) is 79.1 Å². The van der Waals surface area contributed by atoms with Gasteiger partial charge in [0.05, 0.1) is 34.1 Å². The molecule has 8 heteroatoms. The summed E-state index contributed by atoms with van der Waals surface area (Å²) in [6.07, 6.45) is 1.55. The molecule has 5 aromatic rings. The van der Waals surface area contributed by atoms with Crippen LogP contribution in [-0.4, -0.2) is 26.8 Å². The summed E-state index contributed by atoms with van der Waals surface area (Å²) in [5, 5.41) is 1.19. The van der Waals surface area contributed by atoms with Gasteiger partial charge in [0.1, 0.15) is 0 Å². The number of hydrogen-bond acceptors (Lipinski definition) is 4. The first-order chi connectivity index (χ1) is 15.6. The molecule has 0 bridgehead atoms. The van der Waals surface area contributed by atoms with Gasteiger partial charge in [-0.2, -0.15) is 0 Å². The van der Waals surface area contributed by atoms with Crippen molar-refractivity contribution in [3.8, 4) is 11.3 Å². The van der Waals surface area contributed by atoms with Crippen LogP contribution in [0.2, 0.25) is 5.02 Å². The second kappa shape index (κ2) is 8.13. The van der Waals surface area contributed by atoms with E-state index in [0.29, 0.717) is 38.3 Å². The van der Waals surface area contributed by atoms with Crippen LogP contribution < -0.4 is 10.9 Å². The van der Waals surface area contributed by atoms with Crippen molar-refractivity contribution < 1.29 is 9.59 Å². The van der Waals surface area contributed by atoms with Gasteiger partial charge in [0.15, 0.2) is 0 Å². The second-order valence-corrected chi connectivity index (χ2v) is 7.50. The highest BCUT2D eigenvalue weighted by Gasteiger charge is 2.16. The predicted molar refractivity (Wildman–Crippen MR) is 123 cm³/mol. The molecular weight excluding hydrogens is 426 g/mol. The van der Waals surface area contributed by atoms with Crippen LogP contribution in [0.5, 0.6) is 0 Å². The first-order valence-corrected chi connectivity index (χ1v) is 10.2. The summed E-state index contributed by atoms with van der Waals surface area (Å²) in [5.74, 6) is -0.910. The minimum Gasteiger partial charge on any atom is -0.345 e. The fourth-order valence-electron chi connectivity index (χ4n) is 3.50. The molecule has 0 unspecified atom stereocenters. The van der Waals surface area contributed by atoms with Crippen molar-refractivity contribution >= 4 is 45.4 Å². The highest BCUT2D eigenvalue weighted by Crippen LogP contribution is 2.29. The van der Waals surface area contributed by atoms with Gasteiger partial charge in [-0.1, -0.05) is 48.0 Å². The molecule has 3 N–H and O–H groups in total. The zero-order chi connectivity index (χ0) is 22.1. The monoisotopic (exact) mass is 441 g/mol. The molecule has 0 aliphatic heterocycles. The molecule has 32 heavy (non-hydrogen) atoms. The van der Waals surface area contributed by atoms with E-state index in [0.717, 1.165) is 11.0 Å². The lowest BCUT2D eigenvalue weighted by atomic mass is 10.0. The Morgan fingerprint density at radius 2 is 1.62 bits per heavy atom. The fraction of sp³-hybridized carbons (Fsp3) is 0. The van der Waals surface area contributed by atoms with Gasteiger partial charge in [-0.05, 0) is 36.4 Å². The number of halogens is 1. The van der Waals surface area contributed by atoms with E-state index < -0.39 is 11.8 Å². The average molecular weight is 442 g/mol. The quantitative estimate of drug-likeness (QED) is 0.359. The number of nitrogens with zero attached hydrogens (tertiary/aromatic N) is 2. The number of H-pyrrole nitrogens is 1. The van der Waals surface area contributed by atoms with Gasteiger partial charge in [-0.15, -0.1) is 0 Å². The number of rotatable bonds is 3. The lowest BCUT2D eigenvalue weighted by Gasteiger charge is -2.12. The van der Waals surface area contributed by atoms with Crippen LogP contribution in [0.1, 0.15) is 20.7 Å². The third-order valence-corrected chi connectivity index (χ3v) is 5.41. The summed E-state index contributed by atoms with van der Waals surface area (Å²) in [5.41, 5.74) is 9.13. The molecule has 0 fully saturated rings. The van der Waals surface area contributed by atoms with Crippen LogP contribution in [0.25, 0.3) is 33.2 Å². The number of para-hydroxylation sites is 1. The Morgan fingerprint density at radius 1 is 0.844 bits per heavy atom. The highest BCUT2D eigenvalue weighted by atomic mass is 35.5. The van der Waals surface area contributed by atoms with Gasteiger partial charge in [0.25, 0.3) is 11.8 Å². The van der Waals surface area contributed by atoms with Gasteiger partial charge in [0.2, 0.25) is 0 Å². The van der Waals surface area contributed by atoms with E-state index in [1.54, 1.807) is 36.7 Å². The third-order valence-electron chi connectivity index (χ3n) is 5.08. The zero-order valence-corrected chi connectivity index (χ0v) is 17.4. The number of pyridine rings is 1. The van der Waals surface area contributed by atoms with E-state index in [-0.39, 0.29) is 0 Å². The number of aromatic amines is 1. The maximum Gasteiger partial charge on any atom is 0.270 e. The number of nitrogens with one attached hydrogen (secondary N) is 3. The van der Waals surface area contributed by atoms with Crippen molar-refractivity contribution in [1.29, 1.82) is 0 Å². The zero-order valence-electron chi connectivity index (χ0n) is 16.6. The Morgan fingerprint density at radius 3 is 2.50 bits per heavy atom. The number of carbonyl (C=O) groups is 2. The molecule has 5 rings (SSSR count). The maximum atomic E-state index is 13.0. The molecule has 0 saturated carbocycles. The van der Waals surface area contributed by atoms with E-state index in [1.807, 2.05) is 42.5 Å². The van der Waals surface area contributed by atoms with Gasteiger partial charge in [-0.25, -0.2) is 9.97 Å². The minimum absolute atomic E-state index is 0.370. The van der Waals surface area contributed by atoms with Crippen molar-refractivity contribution in [2.24, 2.45) is 0 Å². The first kappa shape index (κ1) is 19.7. The number of hydrogen-bond donors (Lipinski definition) is 3. The molecule has 3 aromatic carbocycles. The van der Waals surface area contributed by atoms with Gasteiger partial charge < -0.3 is 4.98 Å². The van der Waals surface area contributed by atoms with Crippen molar-refractivity contribution in [3.63, 3.8) is 0 Å². The molecule has 2 amide bonds. The van der Waals surface area contributed by atoms with Crippen molar-refractivity contribution in [2.75, 3.05) is 0 Å². The lowest BCUT2D eigenvalue weighted by molar-refractivity contribution is 0.0847. The standard InChI is InChI=1S/C24H16ClN5O2/c25-18-7-3-1-6-16(18)21-12-17(15-5-2-4-8-19(15)28-21)24(32)30-29-23(31)14-9-10-20-22(11-14)27-13-26-20/h1-13H,(H,26,27)(H,29,31)(H,30,32). The molecule has 2 aromatic heterocycles. The van der Waals surface area contributed by atoms with E-state index in [2.05, 4.69) is 25.8 Å². The van der Waals surface area contributed by atoms with Crippen LogP contribution in [-0.2, 0) is 0 Å². The second-order valence-electron chi connectivity index (χ2n) is 7.09. The number of hydrazine groups is 1. The Kier molecular flexibility index (Phi) is 5.01. The number of carbonyl (C=O) groups excluding carboxylic acids is 2. The Bertz CT molecular complexity index is 1490. The summed E-state index contributed by atoms with van der Waals surface area (Å²) < 4.78 is 0. The molecule has 156 valence electrons. The van der Waals surface area contributed by atoms with Gasteiger partial charge in [-0.3, -0.25) is 20.4 Å². The van der Waals surface area contributed by atoms with Gasteiger partial charge in [0, 0.05) is 21.5 Å². The molecule has 0 aliphatic rings. The van der Waals surface area contributed by atoms with Crippen molar-refractivity contribution in [2.45, 2.75) is 0 Å². The topological polar surface area (TPSA) is 99.8 Å². The summed E-state index contributed by atoms with van der Waals surface area (Å²) in [7, 11) is 0. The van der Waals surface area contributed by atoms with E-state index >= 15 is 0 Å². The summed E-state index contributed by atoms with van der Waals surface area (Å²) >= 11 is 6.34. The molecule has 0 spiro atoms. The SMILES string of the molecule is O=C(NNC(=O)c1cc(-c2ccccc2Cl)nc2ccccc12)c1ccc2nc[nH]c2c1. The largest absolute Gasteiger partial charge is 0.345 e. The number of aromatic nitrogens is 3. The highest BCUT2D eigenvalue weighted by molar-refractivity contribution is 6.33. The lowest BCUT2D eigenvalue weighted by Crippen LogP contribution is -2.41.